The van der Waals surface area contributed by atoms with E-state index in [1.165, 1.54) is 24.1 Å². The minimum Gasteiger partial charge on any atom is -0.461 e. The standard InChI is InChI=1S/C22H25FN4O6S.CH4O3S/c1-14(24)21(28)32-13-17-12-27(22(29)33-17)16-3-4-18(19(23)10-16)15-2-5-20(25-11-15)26-6-8-34(30,31)9-7-26;1-5(2,3)4/h2-5,10-11,14,17H,6-9,12-13,24H2,1H3;1H3,(H,2,3,4)/t14-,17+;/m0./s1. The summed E-state index contributed by atoms with van der Waals surface area (Å²) in [5.74, 6) is -0.348. The lowest BCUT2D eigenvalue weighted by Gasteiger charge is -2.27. The number of aromatic nitrogens is 1. The number of cyclic esters (lactones) is 1. The van der Waals surface area contributed by atoms with Crippen molar-refractivity contribution in [3.8, 4) is 11.1 Å². The van der Waals surface area contributed by atoms with Crippen LogP contribution in [0.1, 0.15) is 6.92 Å². The Balaban J connectivity index is 0.000000771. The molecule has 3 heterocycles. The fourth-order valence-electron chi connectivity index (χ4n) is 3.71. The number of sulfone groups is 1. The first-order valence-electron chi connectivity index (χ1n) is 11.7. The highest BCUT2D eigenvalue weighted by Crippen LogP contribution is 2.30. The summed E-state index contributed by atoms with van der Waals surface area (Å²) in [6, 6.07) is 7.04. The van der Waals surface area contributed by atoms with Crippen LogP contribution in [0.5, 0.6) is 0 Å². The highest BCUT2D eigenvalue weighted by molar-refractivity contribution is 7.91. The molecule has 1 aromatic carbocycles. The van der Waals surface area contributed by atoms with Gasteiger partial charge in [0.15, 0.2) is 15.9 Å². The number of ether oxygens (including phenoxy) is 2. The van der Waals surface area contributed by atoms with Gasteiger partial charge in [-0.05, 0) is 37.3 Å². The van der Waals surface area contributed by atoms with Gasteiger partial charge in [0.1, 0.15) is 24.3 Å². The van der Waals surface area contributed by atoms with Gasteiger partial charge in [0, 0.05) is 30.4 Å². The monoisotopic (exact) mass is 588 g/mol. The molecule has 2 saturated heterocycles. The normalized spacial score (nSPS) is 19.5. The Morgan fingerprint density at radius 3 is 2.46 bits per heavy atom. The topological polar surface area (TPSA) is 186 Å². The van der Waals surface area contributed by atoms with Crippen LogP contribution in [0.15, 0.2) is 36.5 Å². The molecule has 0 spiro atoms. The first-order chi connectivity index (χ1) is 18.1. The second-order valence-corrected chi connectivity index (χ2v) is 12.7. The van der Waals surface area contributed by atoms with Crippen LogP contribution >= 0.6 is 0 Å². The van der Waals surface area contributed by atoms with Crippen LogP contribution in [0.4, 0.5) is 20.7 Å². The summed E-state index contributed by atoms with van der Waals surface area (Å²) in [5, 5.41) is 0. The zero-order valence-corrected chi connectivity index (χ0v) is 22.8. The Morgan fingerprint density at radius 1 is 1.28 bits per heavy atom. The molecule has 1 aromatic heterocycles. The molecule has 0 aliphatic carbocycles. The van der Waals surface area contributed by atoms with Crippen molar-refractivity contribution in [2.75, 3.05) is 53.8 Å². The van der Waals surface area contributed by atoms with Crippen LogP contribution in [0.2, 0.25) is 0 Å². The van der Waals surface area contributed by atoms with Crippen molar-refractivity contribution < 1.29 is 44.8 Å². The molecule has 2 aliphatic heterocycles. The van der Waals surface area contributed by atoms with Crippen LogP contribution in [0.3, 0.4) is 0 Å². The zero-order valence-electron chi connectivity index (χ0n) is 21.2. The van der Waals surface area contributed by atoms with Crippen molar-refractivity contribution in [2.24, 2.45) is 5.73 Å². The lowest BCUT2D eigenvalue weighted by molar-refractivity contribution is -0.147. The third-order valence-corrected chi connectivity index (χ3v) is 7.26. The average molecular weight is 589 g/mol. The third-order valence-electron chi connectivity index (χ3n) is 5.65. The molecule has 13 nitrogen and oxygen atoms in total. The number of pyridine rings is 1. The number of halogens is 1. The van der Waals surface area contributed by atoms with Gasteiger partial charge in [-0.3, -0.25) is 14.2 Å². The number of benzene rings is 1. The highest BCUT2D eigenvalue weighted by atomic mass is 32.2. The van der Waals surface area contributed by atoms with E-state index in [1.54, 1.807) is 24.3 Å². The number of hydrogen-bond donors (Lipinski definition) is 2. The summed E-state index contributed by atoms with van der Waals surface area (Å²) >= 11 is 0. The maximum atomic E-state index is 14.9. The van der Waals surface area contributed by atoms with E-state index in [4.69, 9.17) is 19.8 Å². The number of nitrogens with zero attached hydrogens (tertiary/aromatic N) is 3. The van der Waals surface area contributed by atoms with E-state index in [-0.39, 0.29) is 24.7 Å². The number of rotatable bonds is 6. The minimum atomic E-state index is -3.67. The van der Waals surface area contributed by atoms with Crippen molar-refractivity contribution in [1.29, 1.82) is 0 Å². The van der Waals surface area contributed by atoms with E-state index >= 15 is 0 Å². The lowest BCUT2D eigenvalue weighted by atomic mass is 10.1. The van der Waals surface area contributed by atoms with Gasteiger partial charge in [-0.25, -0.2) is 22.6 Å². The van der Waals surface area contributed by atoms with Crippen molar-refractivity contribution >= 4 is 43.5 Å². The average Bonchev–Trinajstić information content (AvgIpc) is 3.22. The molecule has 1 amide bonds. The summed E-state index contributed by atoms with van der Waals surface area (Å²) in [6.45, 7) is 2.20. The van der Waals surface area contributed by atoms with Gasteiger partial charge in [0.25, 0.3) is 10.1 Å². The lowest BCUT2D eigenvalue weighted by Crippen LogP contribution is -2.40. The van der Waals surface area contributed by atoms with E-state index in [0.717, 1.165) is 0 Å². The van der Waals surface area contributed by atoms with Crippen LogP contribution in [-0.4, -0.2) is 94.6 Å². The van der Waals surface area contributed by atoms with Crippen LogP contribution in [-0.2, 0) is 34.2 Å². The number of esters is 1. The molecule has 0 saturated carbocycles. The van der Waals surface area contributed by atoms with Crippen LogP contribution in [0, 0.1) is 5.82 Å². The summed E-state index contributed by atoms with van der Waals surface area (Å²) in [5.41, 5.74) is 6.60. The molecule has 0 unspecified atom stereocenters. The molecule has 2 fully saturated rings. The molecular formula is C23H29FN4O9S2. The summed E-state index contributed by atoms with van der Waals surface area (Å²) in [4.78, 5) is 31.2. The molecule has 4 rings (SSSR count). The van der Waals surface area contributed by atoms with Gasteiger partial charge in [-0.2, -0.15) is 8.42 Å². The largest absolute Gasteiger partial charge is 0.461 e. The molecule has 2 atom stereocenters. The van der Waals surface area contributed by atoms with Gasteiger partial charge >= 0.3 is 12.1 Å². The predicted octanol–water partition coefficient (Wildman–Crippen LogP) is 0.842. The van der Waals surface area contributed by atoms with E-state index in [1.807, 2.05) is 4.90 Å². The molecular weight excluding hydrogens is 559 g/mol. The number of anilines is 2. The fraction of sp³-hybridized carbons (Fsp3) is 0.435. The van der Waals surface area contributed by atoms with Gasteiger partial charge in [0.2, 0.25) is 0 Å². The van der Waals surface area contributed by atoms with Crippen LogP contribution in [0.25, 0.3) is 11.1 Å². The number of carbonyl (C=O) groups excluding carboxylic acids is 2. The molecule has 2 aliphatic rings. The first-order valence-corrected chi connectivity index (χ1v) is 15.3. The second kappa shape index (κ2) is 12.2. The van der Waals surface area contributed by atoms with Crippen LogP contribution < -0.4 is 15.5 Å². The number of nitrogens with two attached hydrogens (primary N) is 1. The third kappa shape index (κ3) is 8.84. The Bertz CT molecular complexity index is 1400. The SMILES string of the molecule is CS(=O)(=O)O.C[C@H](N)C(=O)OC[C@H]1CN(c2ccc(-c3ccc(N4CCS(=O)(=O)CC4)nc3)c(F)c2)C(=O)O1. The Kier molecular flexibility index (Phi) is 9.47. The maximum Gasteiger partial charge on any atom is 0.414 e. The quantitative estimate of drug-likeness (QED) is 0.358. The molecule has 39 heavy (non-hydrogen) atoms. The van der Waals surface area contributed by atoms with Crippen molar-refractivity contribution in [2.45, 2.75) is 19.1 Å². The molecule has 2 aromatic rings. The molecule has 16 heteroatoms. The summed E-state index contributed by atoms with van der Waals surface area (Å²) < 4.78 is 74.2. The van der Waals surface area contributed by atoms with Crippen molar-refractivity contribution in [1.82, 2.24) is 4.98 Å². The Hall–Kier alpha value is -3.34. The minimum absolute atomic E-state index is 0.0842. The van der Waals surface area contributed by atoms with E-state index in [2.05, 4.69) is 4.98 Å². The van der Waals surface area contributed by atoms with E-state index < -0.39 is 50.0 Å². The Morgan fingerprint density at radius 2 is 1.92 bits per heavy atom. The fourth-order valence-corrected chi connectivity index (χ4v) is 4.91. The number of hydrogen-bond acceptors (Lipinski definition) is 11. The van der Waals surface area contributed by atoms with Gasteiger partial charge in [-0.15, -0.1) is 0 Å². The van der Waals surface area contributed by atoms with Gasteiger partial charge in [0.05, 0.1) is 30.0 Å². The first kappa shape index (κ1) is 30.2. The molecule has 0 bridgehead atoms. The van der Waals surface area contributed by atoms with Gasteiger partial charge < -0.3 is 20.1 Å². The number of carbonyl (C=O) groups is 2. The van der Waals surface area contributed by atoms with Gasteiger partial charge in [-0.1, -0.05) is 0 Å². The summed E-state index contributed by atoms with van der Waals surface area (Å²) in [6.07, 6.45) is 0.902. The van der Waals surface area contributed by atoms with E-state index in [9.17, 15) is 30.8 Å². The zero-order chi connectivity index (χ0) is 29.0. The highest BCUT2D eigenvalue weighted by Gasteiger charge is 2.34. The molecule has 0 radical (unpaired) electrons. The van der Waals surface area contributed by atoms with Crippen molar-refractivity contribution in [3.63, 3.8) is 0 Å². The van der Waals surface area contributed by atoms with Crippen molar-refractivity contribution in [3.05, 3.63) is 42.3 Å². The molecule has 214 valence electrons. The maximum absolute atomic E-state index is 14.9. The summed E-state index contributed by atoms with van der Waals surface area (Å²) in [7, 11) is -6.66. The second-order valence-electron chi connectivity index (χ2n) is 8.98. The number of amides is 1. The smallest absolute Gasteiger partial charge is 0.414 e. The Labute approximate surface area is 225 Å². The predicted molar refractivity (Wildman–Crippen MR) is 140 cm³/mol. The van der Waals surface area contributed by atoms with E-state index in [0.29, 0.717) is 42.0 Å². The molecule has 3 N–H and O–H groups in total.